The predicted molar refractivity (Wildman–Crippen MR) is 140 cm³/mol. The molecule has 1 aromatic heterocycles. The number of rotatable bonds is 5. The van der Waals surface area contributed by atoms with Crippen molar-refractivity contribution in [2.45, 2.75) is 56.0 Å². The molecule has 48 heavy (non-hydrogen) atoms. The van der Waals surface area contributed by atoms with Crippen LogP contribution >= 0.6 is 0 Å². The highest BCUT2D eigenvalue weighted by atomic mass is 19.4. The molecule has 1 saturated carbocycles. The Balaban J connectivity index is 0.000000313. The number of pyridine rings is 1. The van der Waals surface area contributed by atoms with Gasteiger partial charge in [0.15, 0.2) is 0 Å². The lowest BCUT2D eigenvalue weighted by atomic mass is 9.90. The van der Waals surface area contributed by atoms with Gasteiger partial charge < -0.3 is 20.1 Å². The van der Waals surface area contributed by atoms with Crippen LogP contribution in [-0.2, 0) is 35.3 Å². The van der Waals surface area contributed by atoms with Gasteiger partial charge in [0.25, 0.3) is 5.91 Å². The molecule has 3 N–H and O–H groups in total. The molecular formula is C26H31F9N4O9. The van der Waals surface area contributed by atoms with E-state index in [0.717, 1.165) is 50.8 Å². The minimum atomic E-state index is -5.08. The second-order valence-corrected chi connectivity index (χ2v) is 10.9. The van der Waals surface area contributed by atoms with Crippen LogP contribution in [0.1, 0.15) is 25.0 Å². The maximum atomic E-state index is 12.9. The van der Waals surface area contributed by atoms with Crippen molar-refractivity contribution in [3.05, 3.63) is 30.1 Å². The van der Waals surface area contributed by atoms with Crippen LogP contribution in [0.15, 0.2) is 24.4 Å². The van der Waals surface area contributed by atoms with Crippen LogP contribution in [0.25, 0.3) is 0 Å². The average molecular weight is 715 g/mol. The van der Waals surface area contributed by atoms with E-state index in [1.165, 1.54) is 12.8 Å². The number of carboxylic acid groups (broad SMARTS) is 3. The Bertz CT molecular complexity index is 1180. The number of nitrogens with zero attached hydrogens (tertiary/aromatic N) is 4. The van der Waals surface area contributed by atoms with Crippen LogP contribution in [-0.4, -0.2) is 135 Å². The van der Waals surface area contributed by atoms with Gasteiger partial charge >= 0.3 is 36.4 Å². The standard InChI is InChI=1S/C20H28N4O3.3C2HF3O2/c25-19(24-8-3-9-27-24)18-12-26-20(15-23(18)10-16-5-6-16)13-22(14-20)11-17-4-1-2-7-21-17;3*3-2(4,5)1(6)7/h1-2,4,7,16,18H,3,5-6,8-15H2;3*(H,6,7). The average Bonchev–Trinajstić information content (AvgIpc) is 3.59. The van der Waals surface area contributed by atoms with Gasteiger partial charge in [-0.05, 0) is 37.3 Å². The Morgan fingerprint density at radius 3 is 1.77 bits per heavy atom. The zero-order valence-electron chi connectivity index (χ0n) is 24.7. The molecule has 4 fully saturated rings. The minimum Gasteiger partial charge on any atom is -0.475 e. The molecule has 1 aromatic rings. The third-order valence-corrected chi connectivity index (χ3v) is 6.82. The van der Waals surface area contributed by atoms with Crippen molar-refractivity contribution in [3.8, 4) is 0 Å². The number of morpholine rings is 1. The Labute approximate surface area is 265 Å². The van der Waals surface area contributed by atoms with Gasteiger partial charge in [-0.15, -0.1) is 0 Å². The fourth-order valence-electron chi connectivity index (χ4n) is 4.52. The number of ether oxygens (including phenoxy) is 1. The lowest BCUT2D eigenvalue weighted by molar-refractivity contribution is -0.216. The predicted octanol–water partition coefficient (Wildman–Crippen LogP) is 2.81. The van der Waals surface area contributed by atoms with Crippen molar-refractivity contribution >= 4 is 23.8 Å². The normalized spacial score (nSPS) is 20.9. The third kappa shape index (κ3) is 13.4. The Hall–Kier alpha value is -3.76. The molecule has 1 aliphatic carbocycles. The lowest BCUT2D eigenvalue weighted by Gasteiger charge is -2.55. The summed E-state index contributed by atoms with van der Waals surface area (Å²) in [7, 11) is 0. The van der Waals surface area contributed by atoms with E-state index in [1.807, 2.05) is 18.3 Å². The monoisotopic (exact) mass is 714 g/mol. The zero-order valence-corrected chi connectivity index (χ0v) is 24.7. The van der Waals surface area contributed by atoms with Crippen molar-refractivity contribution in [2.75, 3.05) is 45.9 Å². The van der Waals surface area contributed by atoms with E-state index in [0.29, 0.717) is 19.8 Å². The SMILES string of the molecule is O=C(C1COC2(CN(Cc3ccccn3)C2)CN1CC1CC1)N1CCCO1.O=C(O)C(F)(F)F.O=C(O)C(F)(F)F.O=C(O)C(F)(F)F. The van der Waals surface area contributed by atoms with E-state index in [9.17, 15) is 44.3 Å². The van der Waals surface area contributed by atoms with Gasteiger partial charge in [0, 0.05) is 38.9 Å². The number of carbonyl (C=O) groups excluding carboxylic acids is 1. The summed E-state index contributed by atoms with van der Waals surface area (Å²) < 4.78 is 101. The smallest absolute Gasteiger partial charge is 0.475 e. The first-order valence-electron chi connectivity index (χ1n) is 13.9. The highest BCUT2D eigenvalue weighted by molar-refractivity contribution is 5.81. The summed E-state index contributed by atoms with van der Waals surface area (Å²) in [4.78, 5) is 54.3. The molecule has 0 radical (unpaired) electrons. The van der Waals surface area contributed by atoms with E-state index < -0.39 is 36.4 Å². The summed E-state index contributed by atoms with van der Waals surface area (Å²) in [5.41, 5.74) is 0.962. The van der Waals surface area contributed by atoms with Crippen LogP contribution in [0.3, 0.4) is 0 Å². The van der Waals surface area contributed by atoms with E-state index in [-0.39, 0.29) is 17.6 Å². The molecule has 1 atom stereocenters. The number of aliphatic carboxylic acids is 3. The lowest BCUT2D eigenvalue weighted by Crippen LogP contribution is -2.72. The molecule has 13 nitrogen and oxygen atoms in total. The third-order valence-electron chi connectivity index (χ3n) is 6.82. The number of hydroxylamine groups is 2. The first kappa shape index (κ1) is 40.4. The Morgan fingerprint density at radius 1 is 0.854 bits per heavy atom. The van der Waals surface area contributed by atoms with E-state index >= 15 is 0 Å². The zero-order chi connectivity index (χ0) is 36.5. The molecule has 5 rings (SSSR count). The fourth-order valence-corrected chi connectivity index (χ4v) is 4.52. The number of carbonyl (C=O) groups is 4. The molecule has 3 aliphatic heterocycles. The first-order valence-corrected chi connectivity index (χ1v) is 13.9. The summed E-state index contributed by atoms with van der Waals surface area (Å²) in [6, 6.07) is 5.85. The highest BCUT2D eigenvalue weighted by Gasteiger charge is 2.52. The molecule has 272 valence electrons. The van der Waals surface area contributed by atoms with E-state index in [4.69, 9.17) is 39.3 Å². The number of likely N-dealkylation sites (tertiary alicyclic amines) is 1. The number of carboxylic acids is 3. The number of aromatic nitrogens is 1. The summed E-state index contributed by atoms with van der Waals surface area (Å²) in [6.07, 6.45) is -9.90. The number of hydrogen-bond acceptors (Lipinski definition) is 9. The maximum Gasteiger partial charge on any atom is 0.490 e. The second-order valence-electron chi connectivity index (χ2n) is 10.9. The Kier molecular flexibility index (Phi) is 13.9. The van der Waals surface area contributed by atoms with Crippen LogP contribution in [0.5, 0.6) is 0 Å². The minimum absolute atomic E-state index is 0.0765. The van der Waals surface area contributed by atoms with Crippen LogP contribution in [0.4, 0.5) is 39.5 Å². The van der Waals surface area contributed by atoms with Gasteiger partial charge in [-0.2, -0.15) is 39.5 Å². The molecule has 1 spiro atoms. The fraction of sp³-hybridized carbons (Fsp3) is 0.654. The molecule has 1 unspecified atom stereocenters. The van der Waals surface area contributed by atoms with Crippen molar-refractivity contribution in [1.82, 2.24) is 19.8 Å². The molecule has 0 bridgehead atoms. The summed E-state index contributed by atoms with van der Waals surface area (Å²) in [5.74, 6) is -7.44. The van der Waals surface area contributed by atoms with Crippen molar-refractivity contribution in [2.24, 2.45) is 5.92 Å². The van der Waals surface area contributed by atoms with Crippen LogP contribution in [0.2, 0.25) is 0 Å². The van der Waals surface area contributed by atoms with E-state index in [2.05, 4.69) is 20.9 Å². The molecule has 4 heterocycles. The van der Waals surface area contributed by atoms with Gasteiger partial charge in [-0.1, -0.05) is 6.07 Å². The van der Waals surface area contributed by atoms with Crippen LogP contribution in [0, 0.1) is 5.92 Å². The van der Waals surface area contributed by atoms with Crippen LogP contribution < -0.4 is 0 Å². The topological polar surface area (TPSA) is 170 Å². The number of amides is 1. The van der Waals surface area contributed by atoms with Gasteiger partial charge in [0.2, 0.25) is 0 Å². The first-order chi connectivity index (χ1) is 22.0. The van der Waals surface area contributed by atoms with Gasteiger partial charge in [-0.3, -0.25) is 24.4 Å². The molecule has 1 amide bonds. The number of halogens is 9. The molecule has 0 aromatic carbocycles. The largest absolute Gasteiger partial charge is 0.490 e. The molecule has 3 saturated heterocycles. The summed E-state index contributed by atoms with van der Waals surface area (Å²) >= 11 is 0. The number of hydrogen-bond donors (Lipinski definition) is 3. The van der Waals surface area contributed by atoms with Gasteiger partial charge in [0.1, 0.15) is 11.6 Å². The highest BCUT2D eigenvalue weighted by Crippen LogP contribution is 2.36. The van der Waals surface area contributed by atoms with Crippen molar-refractivity contribution in [3.63, 3.8) is 0 Å². The molecule has 22 heteroatoms. The molecule has 4 aliphatic rings. The van der Waals surface area contributed by atoms with Gasteiger partial charge in [-0.25, -0.2) is 19.4 Å². The van der Waals surface area contributed by atoms with Crippen molar-refractivity contribution < 1.29 is 83.6 Å². The second kappa shape index (κ2) is 16.6. The maximum absolute atomic E-state index is 12.9. The Morgan fingerprint density at radius 2 is 1.38 bits per heavy atom. The molecular weight excluding hydrogens is 683 g/mol. The quantitative estimate of drug-likeness (QED) is 0.382. The summed E-state index contributed by atoms with van der Waals surface area (Å²) in [5, 5.41) is 22.9. The number of alkyl halides is 9. The summed E-state index contributed by atoms with van der Waals surface area (Å²) in [6.45, 7) is 6.35. The van der Waals surface area contributed by atoms with Gasteiger partial charge in [0.05, 0.1) is 25.5 Å². The van der Waals surface area contributed by atoms with E-state index in [1.54, 1.807) is 5.06 Å². The van der Waals surface area contributed by atoms with Crippen molar-refractivity contribution in [1.29, 1.82) is 0 Å².